The Bertz CT molecular complexity index is 1320. The molecule has 2 aromatic heterocycles. The van der Waals surface area contributed by atoms with Gasteiger partial charge in [0, 0.05) is 24.8 Å². The molecular formula is C23H24N6O3S. The Morgan fingerprint density at radius 3 is 2.33 bits per heavy atom. The fourth-order valence-corrected chi connectivity index (χ4v) is 4.11. The fourth-order valence-electron chi connectivity index (χ4n) is 3.08. The molecule has 0 saturated heterocycles. The maximum atomic E-state index is 12.6. The van der Waals surface area contributed by atoms with Gasteiger partial charge in [0.15, 0.2) is 0 Å². The first-order valence-electron chi connectivity index (χ1n) is 10.3. The summed E-state index contributed by atoms with van der Waals surface area (Å²) in [5, 5.41) is 3.11. The maximum absolute atomic E-state index is 12.6. The number of anilines is 1. The Balaban J connectivity index is 1.31. The Labute approximate surface area is 192 Å². The molecule has 0 atom stereocenters. The summed E-state index contributed by atoms with van der Waals surface area (Å²) >= 11 is 0. The first-order chi connectivity index (χ1) is 15.9. The molecule has 33 heavy (non-hydrogen) atoms. The average molecular weight is 465 g/mol. The third-order valence-corrected chi connectivity index (χ3v) is 6.46. The van der Waals surface area contributed by atoms with Crippen molar-refractivity contribution in [3.63, 3.8) is 0 Å². The van der Waals surface area contributed by atoms with Crippen molar-refractivity contribution in [3.8, 4) is 17.3 Å². The zero-order valence-electron chi connectivity index (χ0n) is 18.3. The topological polar surface area (TPSA) is 111 Å². The monoisotopic (exact) mass is 464 g/mol. The molecule has 0 aliphatic rings. The minimum absolute atomic E-state index is 0.165. The van der Waals surface area contributed by atoms with Crippen molar-refractivity contribution in [1.29, 1.82) is 0 Å². The predicted molar refractivity (Wildman–Crippen MR) is 125 cm³/mol. The number of para-hydroxylation sites is 1. The van der Waals surface area contributed by atoms with Crippen molar-refractivity contribution < 1.29 is 13.2 Å². The Morgan fingerprint density at radius 1 is 0.909 bits per heavy atom. The number of sulfonamides is 1. The van der Waals surface area contributed by atoms with Crippen molar-refractivity contribution >= 4 is 15.8 Å². The summed E-state index contributed by atoms with van der Waals surface area (Å²) in [7, 11) is -3.65. The van der Waals surface area contributed by atoms with Gasteiger partial charge in [-0.2, -0.15) is 0 Å². The Hall–Kier alpha value is -3.76. The SMILES string of the molecule is Cc1ncn(-c2cc(NCCNS(=O)(=O)c3ccc(Oc4ccccc4)cc3)ncn2)c1C. The van der Waals surface area contributed by atoms with Crippen molar-refractivity contribution in [2.75, 3.05) is 18.4 Å². The van der Waals surface area contributed by atoms with Crippen LogP contribution in [0.4, 0.5) is 5.82 Å². The Kier molecular flexibility index (Phi) is 6.66. The van der Waals surface area contributed by atoms with Crippen LogP contribution < -0.4 is 14.8 Å². The number of aromatic nitrogens is 4. The van der Waals surface area contributed by atoms with Crippen LogP contribution in [0.3, 0.4) is 0 Å². The van der Waals surface area contributed by atoms with E-state index in [-0.39, 0.29) is 11.4 Å². The smallest absolute Gasteiger partial charge is 0.240 e. The summed E-state index contributed by atoms with van der Waals surface area (Å²) in [6.07, 6.45) is 3.16. The molecule has 0 saturated carbocycles. The lowest BCUT2D eigenvalue weighted by Gasteiger charge is -2.10. The maximum Gasteiger partial charge on any atom is 0.240 e. The van der Waals surface area contributed by atoms with Crippen LogP contribution in [0.5, 0.6) is 11.5 Å². The summed E-state index contributed by atoms with van der Waals surface area (Å²) in [4.78, 5) is 12.9. The van der Waals surface area contributed by atoms with Crippen LogP contribution in [0.1, 0.15) is 11.4 Å². The van der Waals surface area contributed by atoms with E-state index in [4.69, 9.17) is 4.74 Å². The normalized spacial score (nSPS) is 11.3. The molecule has 0 unspecified atom stereocenters. The number of nitrogens with one attached hydrogen (secondary N) is 2. The Morgan fingerprint density at radius 2 is 1.64 bits per heavy atom. The van der Waals surface area contributed by atoms with Gasteiger partial charge in [0.25, 0.3) is 0 Å². The summed E-state index contributed by atoms with van der Waals surface area (Å²) in [5.74, 6) is 2.52. The van der Waals surface area contributed by atoms with Crippen LogP contribution in [0, 0.1) is 13.8 Å². The van der Waals surface area contributed by atoms with Crippen molar-refractivity contribution in [3.05, 3.63) is 84.7 Å². The highest BCUT2D eigenvalue weighted by Gasteiger charge is 2.13. The molecule has 0 fully saturated rings. The minimum atomic E-state index is -3.65. The molecular weight excluding hydrogens is 440 g/mol. The number of hydrogen-bond acceptors (Lipinski definition) is 7. The molecule has 170 valence electrons. The summed E-state index contributed by atoms with van der Waals surface area (Å²) in [6, 6.07) is 17.4. The molecule has 4 rings (SSSR count). The van der Waals surface area contributed by atoms with Crippen molar-refractivity contribution in [2.45, 2.75) is 18.7 Å². The highest BCUT2D eigenvalue weighted by Crippen LogP contribution is 2.22. The quantitative estimate of drug-likeness (QED) is 0.365. The molecule has 0 amide bonds. The van der Waals surface area contributed by atoms with Gasteiger partial charge in [-0.25, -0.2) is 28.1 Å². The second-order valence-electron chi connectivity index (χ2n) is 7.26. The fraction of sp³-hybridized carbons (Fsp3) is 0.174. The third kappa shape index (κ3) is 5.54. The molecule has 4 aromatic rings. The van der Waals surface area contributed by atoms with Crippen LogP contribution >= 0.6 is 0 Å². The van der Waals surface area contributed by atoms with E-state index in [9.17, 15) is 8.42 Å². The van der Waals surface area contributed by atoms with E-state index in [2.05, 4.69) is 25.0 Å². The van der Waals surface area contributed by atoms with Gasteiger partial charge < -0.3 is 10.1 Å². The van der Waals surface area contributed by atoms with E-state index in [1.165, 1.54) is 18.5 Å². The van der Waals surface area contributed by atoms with Crippen molar-refractivity contribution in [1.82, 2.24) is 24.2 Å². The van der Waals surface area contributed by atoms with Gasteiger partial charge in [0.05, 0.1) is 10.6 Å². The zero-order chi connectivity index (χ0) is 23.3. The molecule has 2 aromatic carbocycles. The number of ether oxygens (including phenoxy) is 1. The molecule has 0 bridgehead atoms. The van der Waals surface area contributed by atoms with E-state index >= 15 is 0 Å². The first-order valence-corrected chi connectivity index (χ1v) is 11.8. The molecule has 0 radical (unpaired) electrons. The molecule has 0 aliphatic heterocycles. The molecule has 10 heteroatoms. The van der Waals surface area contributed by atoms with Crippen LogP contribution in [0.2, 0.25) is 0 Å². The predicted octanol–water partition coefficient (Wildman–Crippen LogP) is 3.46. The molecule has 2 N–H and O–H groups in total. The van der Waals surface area contributed by atoms with E-state index in [0.717, 1.165) is 11.4 Å². The summed E-state index contributed by atoms with van der Waals surface area (Å²) in [5.41, 5.74) is 1.92. The summed E-state index contributed by atoms with van der Waals surface area (Å²) < 4.78 is 35.3. The first kappa shape index (κ1) is 22.4. The molecule has 2 heterocycles. The highest BCUT2D eigenvalue weighted by atomic mass is 32.2. The number of rotatable bonds is 9. The standard InChI is InChI=1S/C23H24N6O3S/c1-17-18(2)29(16-27-17)23-14-22(25-15-26-23)24-12-13-28-33(30,31)21-10-8-20(9-11-21)32-19-6-4-3-5-7-19/h3-11,14-16,28H,12-13H2,1-2H3,(H,24,25,26). The van der Waals surface area contributed by atoms with E-state index < -0.39 is 10.0 Å². The number of nitrogens with zero attached hydrogens (tertiary/aromatic N) is 4. The van der Waals surface area contributed by atoms with Gasteiger partial charge in [0.1, 0.15) is 35.8 Å². The highest BCUT2D eigenvalue weighted by molar-refractivity contribution is 7.89. The van der Waals surface area contributed by atoms with Crippen LogP contribution in [-0.4, -0.2) is 41.0 Å². The number of imidazole rings is 1. The van der Waals surface area contributed by atoms with Crippen molar-refractivity contribution in [2.24, 2.45) is 0 Å². The van der Waals surface area contributed by atoms with Gasteiger partial charge in [-0.15, -0.1) is 0 Å². The van der Waals surface area contributed by atoms with E-state index in [0.29, 0.717) is 29.7 Å². The van der Waals surface area contributed by atoms with E-state index in [1.54, 1.807) is 24.5 Å². The number of benzene rings is 2. The average Bonchev–Trinajstić information content (AvgIpc) is 3.16. The van der Waals surface area contributed by atoms with Gasteiger partial charge in [-0.1, -0.05) is 18.2 Å². The largest absolute Gasteiger partial charge is 0.457 e. The van der Waals surface area contributed by atoms with Gasteiger partial charge >= 0.3 is 0 Å². The number of aryl methyl sites for hydroxylation is 1. The van der Waals surface area contributed by atoms with Gasteiger partial charge in [-0.05, 0) is 50.2 Å². The van der Waals surface area contributed by atoms with E-state index in [1.807, 2.05) is 48.7 Å². The lowest BCUT2D eigenvalue weighted by molar-refractivity contribution is 0.482. The third-order valence-electron chi connectivity index (χ3n) is 4.99. The lowest BCUT2D eigenvalue weighted by atomic mass is 10.3. The minimum Gasteiger partial charge on any atom is -0.457 e. The van der Waals surface area contributed by atoms with Gasteiger partial charge in [-0.3, -0.25) is 4.57 Å². The van der Waals surface area contributed by atoms with Crippen LogP contribution in [0.15, 0.2) is 78.2 Å². The zero-order valence-corrected chi connectivity index (χ0v) is 19.1. The summed E-state index contributed by atoms with van der Waals surface area (Å²) in [6.45, 7) is 4.44. The lowest BCUT2D eigenvalue weighted by Crippen LogP contribution is -2.29. The second kappa shape index (κ2) is 9.80. The van der Waals surface area contributed by atoms with Crippen LogP contribution in [-0.2, 0) is 10.0 Å². The van der Waals surface area contributed by atoms with Crippen LogP contribution in [0.25, 0.3) is 5.82 Å². The molecule has 0 aliphatic carbocycles. The second-order valence-corrected chi connectivity index (χ2v) is 9.02. The molecule has 0 spiro atoms. The van der Waals surface area contributed by atoms with Gasteiger partial charge in [0.2, 0.25) is 10.0 Å². The number of hydrogen-bond donors (Lipinski definition) is 2. The molecule has 9 nitrogen and oxygen atoms in total.